The summed E-state index contributed by atoms with van der Waals surface area (Å²) < 4.78 is 10.7. The standard InChI is InChI=1S/C25H32N2O4/c1-30-22-15-19-14-20(21(19)16-23(22)31-2)17-27-25(29)11-7-6-10-24(28)26-13-12-18-8-4-3-5-9-18/h3-5,8-9,15-16,20H,6-7,10-14,17H2,1-2H3,(H,26,28)(H,27,29). The van der Waals surface area contributed by atoms with Gasteiger partial charge in [-0.3, -0.25) is 9.59 Å². The highest BCUT2D eigenvalue weighted by molar-refractivity contribution is 5.77. The normalized spacial score (nSPS) is 14.2. The highest BCUT2D eigenvalue weighted by atomic mass is 16.5. The lowest BCUT2D eigenvalue weighted by Crippen LogP contribution is -2.33. The predicted molar refractivity (Wildman–Crippen MR) is 121 cm³/mol. The van der Waals surface area contributed by atoms with Gasteiger partial charge in [-0.25, -0.2) is 0 Å². The smallest absolute Gasteiger partial charge is 0.220 e. The van der Waals surface area contributed by atoms with Crippen molar-refractivity contribution in [2.45, 2.75) is 44.4 Å². The van der Waals surface area contributed by atoms with Gasteiger partial charge in [0.05, 0.1) is 14.2 Å². The molecule has 0 fully saturated rings. The third-order valence-corrected chi connectivity index (χ3v) is 5.73. The van der Waals surface area contributed by atoms with E-state index in [1.807, 2.05) is 30.3 Å². The van der Waals surface area contributed by atoms with Gasteiger partial charge in [0.15, 0.2) is 11.5 Å². The average Bonchev–Trinajstić information content (AvgIpc) is 2.77. The first-order chi connectivity index (χ1) is 15.1. The molecule has 3 rings (SSSR count). The molecule has 1 aliphatic rings. The minimum atomic E-state index is 0.0402. The van der Waals surface area contributed by atoms with E-state index in [0.717, 1.165) is 24.3 Å². The van der Waals surface area contributed by atoms with Gasteiger partial charge in [0.2, 0.25) is 11.8 Å². The van der Waals surface area contributed by atoms with Crippen LogP contribution in [0.5, 0.6) is 11.5 Å². The van der Waals surface area contributed by atoms with Crippen LogP contribution < -0.4 is 20.1 Å². The summed E-state index contributed by atoms with van der Waals surface area (Å²) in [7, 11) is 3.26. The molecule has 0 bridgehead atoms. The highest BCUT2D eigenvalue weighted by Gasteiger charge is 2.28. The number of ether oxygens (including phenoxy) is 2. The van der Waals surface area contributed by atoms with Crippen LogP contribution in [0.1, 0.15) is 48.3 Å². The molecule has 166 valence electrons. The summed E-state index contributed by atoms with van der Waals surface area (Å²) in [4.78, 5) is 24.1. The maximum Gasteiger partial charge on any atom is 0.220 e. The highest BCUT2D eigenvalue weighted by Crippen LogP contribution is 2.41. The van der Waals surface area contributed by atoms with E-state index in [1.165, 1.54) is 16.7 Å². The Hall–Kier alpha value is -3.02. The third kappa shape index (κ3) is 6.48. The van der Waals surface area contributed by atoms with Gasteiger partial charge in [-0.15, -0.1) is 0 Å². The van der Waals surface area contributed by atoms with Crippen LogP contribution in [-0.4, -0.2) is 39.1 Å². The van der Waals surface area contributed by atoms with Crippen LogP contribution in [0.15, 0.2) is 42.5 Å². The van der Waals surface area contributed by atoms with Crippen LogP contribution in [0.3, 0.4) is 0 Å². The van der Waals surface area contributed by atoms with Crippen molar-refractivity contribution in [2.75, 3.05) is 27.3 Å². The fourth-order valence-corrected chi connectivity index (χ4v) is 3.90. The van der Waals surface area contributed by atoms with E-state index in [-0.39, 0.29) is 11.8 Å². The monoisotopic (exact) mass is 424 g/mol. The lowest BCUT2D eigenvalue weighted by Gasteiger charge is -2.31. The second-order valence-corrected chi connectivity index (χ2v) is 7.90. The van der Waals surface area contributed by atoms with Gasteiger partial charge in [-0.05, 0) is 54.5 Å². The van der Waals surface area contributed by atoms with Crippen LogP contribution in [0.25, 0.3) is 0 Å². The maximum atomic E-state index is 12.1. The van der Waals surface area contributed by atoms with Crippen molar-refractivity contribution in [3.05, 3.63) is 59.2 Å². The van der Waals surface area contributed by atoms with Crippen LogP contribution in [0.2, 0.25) is 0 Å². The average molecular weight is 425 g/mol. The van der Waals surface area contributed by atoms with Crippen molar-refractivity contribution in [3.63, 3.8) is 0 Å². The second kappa shape index (κ2) is 11.4. The molecule has 0 aromatic heterocycles. The molecule has 0 aliphatic heterocycles. The van der Waals surface area contributed by atoms with Crippen molar-refractivity contribution in [3.8, 4) is 11.5 Å². The molecule has 2 aromatic rings. The SMILES string of the molecule is COc1cc2c(cc1OC)C(CNC(=O)CCCCC(=O)NCCc1ccccc1)C2. The fourth-order valence-electron chi connectivity index (χ4n) is 3.90. The third-order valence-electron chi connectivity index (χ3n) is 5.73. The molecule has 31 heavy (non-hydrogen) atoms. The van der Waals surface area contributed by atoms with E-state index < -0.39 is 0 Å². The van der Waals surface area contributed by atoms with Crippen LogP contribution in [0.4, 0.5) is 0 Å². The maximum absolute atomic E-state index is 12.1. The largest absolute Gasteiger partial charge is 0.493 e. The van der Waals surface area contributed by atoms with E-state index in [0.29, 0.717) is 44.7 Å². The molecule has 1 unspecified atom stereocenters. The van der Waals surface area contributed by atoms with Crippen LogP contribution in [-0.2, 0) is 22.4 Å². The number of hydrogen-bond donors (Lipinski definition) is 2. The minimum Gasteiger partial charge on any atom is -0.493 e. The van der Waals surface area contributed by atoms with Gasteiger partial charge in [0, 0.05) is 31.8 Å². The zero-order valence-electron chi connectivity index (χ0n) is 18.4. The molecule has 0 radical (unpaired) electrons. The molecular weight excluding hydrogens is 392 g/mol. The lowest BCUT2D eigenvalue weighted by molar-refractivity contribution is -0.123. The number of carbonyl (C=O) groups is 2. The Morgan fingerprint density at radius 2 is 1.58 bits per heavy atom. The predicted octanol–water partition coefficient (Wildman–Crippen LogP) is 3.38. The fraction of sp³-hybridized carbons (Fsp3) is 0.440. The molecule has 2 amide bonds. The van der Waals surface area contributed by atoms with Crippen molar-refractivity contribution in [1.29, 1.82) is 0 Å². The van der Waals surface area contributed by atoms with E-state index in [4.69, 9.17) is 9.47 Å². The number of benzene rings is 2. The topological polar surface area (TPSA) is 76.7 Å². The number of methoxy groups -OCH3 is 2. The molecule has 6 heteroatoms. The van der Waals surface area contributed by atoms with E-state index in [1.54, 1.807) is 14.2 Å². The Kier molecular flexibility index (Phi) is 8.33. The number of carbonyl (C=O) groups excluding carboxylic acids is 2. The van der Waals surface area contributed by atoms with E-state index in [9.17, 15) is 9.59 Å². The summed E-state index contributed by atoms with van der Waals surface area (Å²) in [5.74, 6) is 1.87. The Morgan fingerprint density at radius 3 is 2.26 bits per heavy atom. The molecule has 0 saturated carbocycles. The first-order valence-electron chi connectivity index (χ1n) is 10.9. The summed E-state index contributed by atoms with van der Waals surface area (Å²) in [6, 6.07) is 14.1. The number of nitrogens with one attached hydrogen (secondary N) is 2. The summed E-state index contributed by atoms with van der Waals surface area (Å²) in [5.41, 5.74) is 3.67. The molecule has 0 spiro atoms. The van der Waals surface area contributed by atoms with Gasteiger partial charge in [-0.2, -0.15) is 0 Å². The molecule has 6 nitrogen and oxygen atoms in total. The zero-order chi connectivity index (χ0) is 22.1. The van der Waals surface area contributed by atoms with Crippen molar-refractivity contribution < 1.29 is 19.1 Å². The van der Waals surface area contributed by atoms with Crippen LogP contribution in [0, 0.1) is 0 Å². The number of hydrogen-bond acceptors (Lipinski definition) is 4. The van der Waals surface area contributed by atoms with Gasteiger partial charge >= 0.3 is 0 Å². The van der Waals surface area contributed by atoms with E-state index in [2.05, 4.69) is 22.8 Å². The molecule has 0 saturated heterocycles. The molecule has 2 N–H and O–H groups in total. The molecule has 2 aromatic carbocycles. The summed E-state index contributed by atoms with van der Waals surface area (Å²) in [5, 5.41) is 5.96. The Bertz CT molecular complexity index is 883. The summed E-state index contributed by atoms with van der Waals surface area (Å²) in [6.07, 6.45) is 4.09. The number of amides is 2. The van der Waals surface area contributed by atoms with Crippen molar-refractivity contribution in [2.24, 2.45) is 0 Å². The van der Waals surface area contributed by atoms with Crippen molar-refractivity contribution >= 4 is 11.8 Å². The number of unbranched alkanes of at least 4 members (excludes halogenated alkanes) is 1. The molecular formula is C25H32N2O4. The summed E-state index contributed by atoms with van der Waals surface area (Å²) >= 11 is 0. The molecule has 1 aliphatic carbocycles. The zero-order valence-corrected chi connectivity index (χ0v) is 18.4. The summed E-state index contributed by atoms with van der Waals surface area (Å²) in [6.45, 7) is 1.27. The minimum absolute atomic E-state index is 0.0402. The first-order valence-corrected chi connectivity index (χ1v) is 10.9. The Morgan fingerprint density at radius 1 is 0.935 bits per heavy atom. The Balaban J connectivity index is 1.27. The second-order valence-electron chi connectivity index (χ2n) is 7.90. The van der Waals surface area contributed by atoms with Gasteiger partial charge in [0.25, 0.3) is 0 Å². The quantitative estimate of drug-likeness (QED) is 0.512. The van der Waals surface area contributed by atoms with Crippen molar-refractivity contribution in [1.82, 2.24) is 10.6 Å². The first kappa shape index (κ1) is 22.7. The number of fused-ring (bicyclic) bond motifs is 1. The molecule has 0 heterocycles. The molecule has 1 atom stereocenters. The lowest BCUT2D eigenvalue weighted by atomic mass is 9.77. The van der Waals surface area contributed by atoms with Crippen LogP contribution >= 0.6 is 0 Å². The van der Waals surface area contributed by atoms with Gasteiger partial charge < -0.3 is 20.1 Å². The van der Waals surface area contributed by atoms with Gasteiger partial charge in [-0.1, -0.05) is 30.3 Å². The number of rotatable bonds is 12. The van der Waals surface area contributed by atoms with E-state index >= 15 is 0 Å². The van der Waals surface area contributed by atoms with Gasteiger partial charge in [0.1, 0.15) is 0 Å². The Labute approximate surface area is 184 Å².